The van der Waals surface area contributed by atoms with Crippen LogP contribution in [-0.2, 0) is 16.0 Å². The summed E-state index contributed by atoms with van der Waals surface area (Å²) in [5, 5.41) is 21.5. The van der Waals surface area contributed by atoms with Crippen LogP contribution in [0.2, 0.25) is 0 Å². The van der Waals surface area contributed by atoms with Gasteiger partial charge in [0.25, 0.3) is 0 Å². The number of benzene rings is 1. The highest BCUT2D eigenvalue weighted by molar-refractivity contribution is 5.86. The summed E-state index contributed by atoms with van der Waals surface area (Å²) in [6, 6.07) is 5.71. The number of nitrogens with one attached hydrogen (secondary N) is 1. The van der Waals surface area contributed by atoms with E-state index in [2.05, 4.69) is 9.88 Å². The molecule has 0 radical (unpaired) electrons. The molecule has 1 aromatic heterocycles. The Balaban J connectivity index is 1.53. The fraction of sp³-hybridized carbons (Fsp3) is 0.571. The number of piperidine rings is 1. The van der Waals surface area contributed by atoms with Crippen LogP contribution in [0.3, 0.4) is 0 Å². The first kappa shape index (κ1) is 17.1. The molecule has 144 valence electrons. The van der Waals surface area contributed by atoms with Gasteiger partial charge < -0.3 is 19.9 Å². The predicted molar refractivity (Wildman–Crippen MR) is 100 cm³/mol. The van der Waals surface area contributed by atoms with Gasteiger partial charge in [0, 0.05) is 29.7 Å². The number of phenolic OH excluding ortho intramolecular Hbond substituents is 1. The Labute approximate surface area is 158 Å². The zero-order chi connectivity index (χ0) is 18.7. The van der Waals surface area contributed by atoms with Crippen LogP contribution in [0.15, 0.2) is 18.2 Å². The van der Waals surface area contributed by atoms with E-state index >= 15 is 0 Å². The lowest BCUT2D eigenvalue weighted by molar-refractivity contribution is -0.160. The second-order valence-corrected chi connectivity index (χ2v) is 8.36. The zero-order valence-electron chi connectivity index (χ0n) is 15.5. The van der Waals surface area contributed by atoms with Crippen molar-refractivity contribution in [3.8, 4) is 5.75 Å². The molecular weight excluding hydrogens is 344 g/mol. The summed E-state index contributed by atoms with van der Waals surface area (Å²) in [4.78, 5) is 18.5. The Morgan fingerprint density at radius 2 is 2.19 bits per heavy atom. The van der Waals surface area contributed by atoms with Gasteiger partial charge in [-0.2, -0.15) is 0 Å². The van der Waals surface area contributed by atoms with E-state index < -0.39 is 12.0 Å². The molecule has 3 N–H and O–H groups in total. The number of phenols is 1. The van der Waals surface area contributed by atoms with E-state index in [1.165, 1.54) is 18.4 Å². The zero-order valence-corrected chi connectivity index (χ0v) is 15.5. The number of fused-ring (bicyclic) bond motifs is 6. The van der Waals surface area contributed by atoms with Crippen LogP contribution in [0, 0.1) is 17.8 Å². The van der Waals surface area contributed by atoms with Gasteiger partial charge >= 0.3 is 5.97 Å². The summed E-state index contributed by atoms with van der Waals surface area (Å²) in [5.41, 5.74) is 3.55. The fourth-order valence-corrected chi connectivity index (χ4v) is 5.84. The normalized spacial score (nSPS) is 33.2. The van der Waals surface area contributed by atoms with E-state index in [0.717, 1.165) is 43.3 Å². The molecule has 2 aliphatic heterocycles. The van der Waals surface area contributed by atoms with Crippen LogP contribution in [0.5, 0.6) is 5.75 Å². The molecular formula is C21H26N2O4. The third-order valence-corrected chi connectivity index (χ3v) is 7.10. The minimum atomic E-state index is -0.604. The monoisotopic (exact) mass is 370 g/mol. The second-order valence-electron chi connectivity index (χ2n) is 8.36. The highest BCUT2D eigenvalue weighted by Crippen LogP contribution is 2.49. The molecule has 3 heterocycles. The Morgan fingerprint density at radius 3 is 3.00 bits per heavy atom. The van der Waals surface area contributed by atoms with E-state index in [1.807, 2.05) is 12.1 Å². The number of aliphatic hydroxyl groups is 1. The molecule has 1 saturated carbocycles. The first-order valence-corrected chi connectivity index (χ1v) is 9.90. The average molecular weight is 370 g/mol. The summed E-state index contributed by atoms with van der Waals surface area (Å²) in [7, 11) is 1.41. The van der Waals surface area contributed by atoms with Crippen molar-refractivity contribution in [3.63, 3.8) is 0 Å². The molecule has 6 heteroatoms. The Kier molecular flexibility index (Phi) is 3.95. The van der Waals surface area contributed by atoms with Gasteiger partial charge in [-0.05, 0) is 61.3 Å². The number of aromatic amines is 1. The predicted octanol–water partition coefficient (Wildman–Crippen LogP) is 2.35. The maximum absolute atomic E-state index is 12.4. The quantitative estimate of drug-likeness (QED) is 0.671. The van der Waals surface area contributed by atoms with Crippen molar-refractivity contribution in [3.05, 3.63) is 29.5 Å². The number of rotatable bonds is 1. The largest absolute Gasteiger partial charge is 0.508 e. The van der Waals surface area contributed by atoms with Gasteiger partial charge in [0.05, 0.1) is 25.2 Å². The maximum atomic E-state index is 12.4. The van der Waals surface area contributed by atoms with Gasteiger partial charge in [0.2, 0.25) is 0 Å². The van der Waals surface area contributed by atoms with Crippen molar-refractivity contribution in [2.24, 2.45) is 17.8 Å². The molecule has 0 amide bonds. The SMILES string of the molecule is COC(=O)C1C(O)CCC2CN3CCc4c([nH]c5ccc(O)cc45)C3CC21. The lowest BCUT2D eigenvalue weighted by atomic mass is 9.65. The number of nitrogens with zero attached hydrogens (tertiary/aromatic N) is 1. The molecule has 0 bridgehead atoms. The van der Waals surface area contributed by atoms with Crippen LogP contribution < -0.4 is 0 Å². The van der Waals surface area contributed by atoms with Crippen molar-refractivity contribution < 1.29 is 19.7 Å². The maximum Gasteiger partial charge on any atom is 0.311 e. The Morgan fingerprint density at radius 1 is 1.33 bits per heavy atom. The third kappa shape index (κ3) is 2.57. The van der Waals surface area contributed by atoms with Crippen molar-refractivity contribution in [1.29, 1.82) is 0 Å². The number of esters is 1. The van der Waals surface area contributed by atoms with E-state index in [4.69, 9.17) is 4.74 Å². The number of aromatic hydroxyl groups is 1. The van der Waals surface area contributed by atoms with Gasteiger partial charge in [-0.15, -0.1) is 0 Å². The van der Waals surface area contributed by atoms with E-state index in [9.17, 15) is 15.0 Å². The Bertz CT molecular complexity index is 892. The number of aliphatic hydroxyl groups excluding tert-OH is 1. The molecule has 2 fully saturated rings. The number of methoxy groups -OCH3 is 1. The molecule has 27 heavy (non-hydrogen) atoms. The van der Waals surface area contributed by atoms with Crippen molar-refractivity contribution in [1.82, 2.24) is 9.88 Å². The van der Waals surface area contributed by atoms with Crippen LogP contribution in [0.25, 0.3) is 10.9 Å². The first-order valence-electron chi connectivity index (χ1n) is 9.90. The third-order valence-electron chi connectivity index (χ3n) is 7.10. The smallest absolute Gasteiger partial charge is 0.311 e. The van der Waals surface area contributed by atoms with Gasteiger partial charge in [0.1, 0.15) is 5.75 Å². The molecule has 1 aromatic carbocycles. The van der Waals surface area contributed by atoms with Crippen molar-refractivity contribution in [2.75, 3.05) is 20.2 Å². The number of hydrogen-bond acceptors (Lipinski definition) is 5. The Hall–Kier alpha value is -2.05. The van der Waals surface area contributed by atoms with Gasteiger partial charge in [-0.1, -0.05) is 0 Å². The fourth-order valence-electron chi connectivity index (χ4n) is 5.84. The van der Waals surface area contributed by atoms with Crippen LogP contribution in [0.1, 0.15) is 36.6 Å². The summed E-state index contributed by atoms with van der Waals surface area (Å²) in [5.74, 6) is 0.173. The molecule has 6 nitrogen and oxygen atoms in total. The van der Waals surface area contributed by atoms with Gasteiger partial charge in [-0.3, -0.25) is 9.69 Å². The second kappa shape index (κ2) is 6.24. The minimum Gasteiger partial charge on any atom is -0.508 e. The molecule has 5 unspecified atom stereocenters. The standard InChI is InChI=1S/C21H26N2O4/c1-27-21(26)19-14-9-17-20-13(15-8-12(24)3-4-16(15)22-20)6-7-23(17)10-11(14)2-5-18(19)25/h3-4,8,11,14,17-19,22,24-25H,2,5-7,9-10H2,1H3. The molecule has 2 aromatic rings. The summed E-state index contributed by atoms with van der Waals surface area (Å²) in [6.07, 6.45) is 2.86. The van der Waals surface area contributed by atoms with Crippen molar-refractivity contribution >= 4 is 16.9 Å². The number of hydrogen-bond donors (Lipinski definition) is 3. The first-order chi connectivity index (χ1) is 13.1. The minimum absolute atomic E-state index is 0.146. The number of H-pyrrole nitrogens is 1. The van der Waals surface area contributed by atoms with Gasteiger partial charge in [-0.25, -0.2) is 0 Å². The topological polar surface area (TPSA) is 85.8 Å². The van der Waals surface area contributed by atoms with E-state index in [0.29, 0.717) is 12.3 Å². The summed E-state index contributed by atoms with van der Waals surface area (Å²) in [6.45, 7) is 1.96. The number of carbonyl (C=O) groups excluding carboxylic acids is 1. The lowest BCUT2D eigenvalue weighted by Crippen LogP contribution is -2.53. The highest BCUT2D eigenvalue weighted by atomic mass is 16.5. The van der Waals surface area contributed by atoms with E-state index in [1.54, 1.807) is 6.07 Å². The molecule has 0 spiro atoms. The molecule has 3 aliphatic rings. The van der Waals surface area contributed by atoms with Crippen LogP contribution in [-0.4, -0.2) is 52.4 Å². The van der Waals surface area contributed by atoms with E-state index in [-0.39, 0.29) is 23.7 Å². The van der Waals surface area contributed by atoms with Gasteiger partial charge in [0.15, 0.2) is 0 Å². The summed E-state index contributed by atoms with van der Waals surface area (Å²) < 4.78 is 5.03. The lowest BCUT2D eigenvalue weighted by Gasteiger charge is -2.50. The number of carbonyl (C=O) groups is 1. The summed E-state index contributed by atoms with van der Waals surface area (Å²) >= 11 is 0. The molecule has 1 saturated heterocycles. The van der Waals surface area contributed by atoms with Crippen LogP contribution >= 0.6 is 0 Å². The molecule has 5 rings (SSSR count). The molecule has 1 aliphatic carbocycles. The van der Waals surface area contributed by atoms with Crippen LogP contribution in [0.4, 0.5) is 0 Å². The number of ether oxygens (including phenoxy) is 1. The average Bonchev–Trinajstić information content (AvgIpc) is 3.04. The van der Waals surface area contributed by atoms with Crippen molar-refractivity contribution in [2.45, 2.75) is 37.8 Å². The molecule has 5 atom stereocenters. The highest BCUT2D eigenvalue weighted by Gasteiger charge is 2.49. The number of aromatic nitrogens is 1.